The molecule has 0 aliphatic carbocycles. The first-order valence-electron chi connectivity index (χ1n) is 11.3. The molecule has 0 unspecified atom stereocenters. The predicted molar refractivity (Wildman–Crippen MR) is 124 cm³/mol. The zero-order valence-electron chi connectivity index (χ0n) is 18.6. The molecule has 174 valence electrons. The van der Waals surface area contributed by atoms with E-state index in [0.29, 0.717) is 25.4 Å². The van der Waals surface area contributed by atoms with Gasteiger partial charge in [-0.25, -0.2) is 13.8 Å². The molecule has 2 aromatic carbocycles. The van der Waals surface area contributed by atoms with Gasteiger partial charge in [-0.05, 0) is 23.8 Å². The van der Waals surface area contributed by atoms with Crippen LogP contribution in [0.15, 0.2) is 65.3 Å². The van der Waals surface area contributed by atoms with Gasteiger partial charge in [0.2, 0.25) is 5.91 Å². The average molecular weight is 463 g/mol. The van der Waals surface area contributed by atoms with E-state index < -0.39 is 11.6 Å². The molecular formula is C26H24F2N4O2. The Kier molecular flexibility index (Phi) is 6.31. The SMILES string of the molecule is O=C(CCc1ncc(-c2ccc(F)cc2F)o1)N1CCN(Cc2cccc3cccnc23)CC1. The molecule has 0 spiro atoms. The zero-order valence-corrected chi connectivity index (χ0v) is 18.6. The highest BCUT2D eigenvalue weighted by molar-refractivity contribution is 5.81. The highest BCUT2D eigenvalue weighted by atomic mass is 19.1. The van der Waals surface area contributed by atoms with Crippen LogP contribution in [0, 0.1) is 11.6 Å². The zero-order chi connectivity index (χ0) is 23.5. The fourth-order valence-electron chi connectivity index (χ4n) is 4.30. The number of pyridine rings is 1. The third kappa shape index (κ3) is 4.82. The topological polar surface area (TPSA) is 62.5 Å². The molecule has 0 radical (unpaired) electrons. The predicted octanol–water partition coefficient (Wildman–Crippen LogP) is 4.45. The number of amides is 1. The third-order valence-electron chi connectivity index (χ3n) is 6.14. The largest absolute Gasteiger partial charge is 0.441 e. The van der Waals surface area contributed by atoms with Crippen molar-refractivity contribution in [2.75, 3.05) is 26.2 Å². The molecule has 1 amide bonds. The number of aryl methyl sites for hydroxylation is 1. The van der Waals surface area contributed by atoms with E-state index >= 15 is 0 Å². The van der Waals surface area contributed by atoms with Gasteiger partial charge in [-0.15, -0.1) is 0 Å². The van der Waals surface area contributed by atoms with Gasteiger partial charge in [0.25, 0.3) is 0 Å². The number of nitrogens with zero attached hydrogens (tertiary/aromatic N) is 4. The van der Waals surface area contributed by atoms with Gasteiger partial charge in [0.05, 0.1) is 17.3 Å². The van der Waals surface area contributed by atoms with Gasteiger partial charge < -0.3 is 9.32 Å². The number of piperazine rings is 1. The van der Waals surface area contributed by atoms with Crippen LogP contribution in [0.3, 0.4) is 0 Å². The second kappa shape index (κ2) is 9.69. The summed E-state index contributed by atoms with van der Waals surface area (Å²) in [7, 11) is 0. The summed E-state index contributed by atoms with van der Waals surface area (Å²) in [6.07, 6.45) is 3.80. The number of fused-ring (bicyclic) bond motifs is 1. The van der Waals surface area contributed by atoms with Crippen LogP contribution < -0.4 is 0 Å². The first kappa shape index (κ1) is 22.2. The van der Waals surface area contributed by atoms with Crippen molar-refractivity contribution in [2.45, 2.75) is 19.4 Å². The maximum atomic E-state index is 14.0. The minimum Gasteiger partial charge on any atom is -0.441 e. The average Bonchev–Trinajstić information content (AvgIpc) is 3.32. The fraction of sp³-hybridized carbons (Fsp3) is 0.269. The molecule has 0 saturated carbocycles. The van der Waals surface area contributed by atoms with Crippen molar-refractivity contribution in [1.82, 2.24) is 19.8 Å². The Balaban J connectivity index is 1.13. The number of aromatic nitrogens is 2. The lowest BCUT2D eigenvalue weighted by molar-refractivity contribution is -0.133. The first-order chi connectivity index (χ1) is 16.6. The molecule has 0 atom stereocenters. The number of oxazole rings is 1. The molecule has 1 aliphatic rings. The van der Waals surface area contributed by atoms with E-state index in [1.165, 1.54) is 23.9 Å². The monoisotopic (exact) mass is 462 g/mol. The Labute approximate surface area is 195 Å². The van der Waals surface area contributed by atoms with E-state index in [2.05, 4.69) is 39.1 Å². The quantitative estimate of drug-likeness (QED) is 0.424. The van der Waals surface area contributed by atoms with E-state index in [4.69, 9.17) is 4.42 Å². The van der Waals surface area contributed by atoms with E-state index in [9.17, 15) is 13.6 Å². The van der Waals surface area contributed by atoms with Gasteiger partial charge >= 0.3 is 0 Å². The molecule has 5 rings (SSSR count). The summed E-state index contributed by atoms with van der Waals surface area (Å²) in [5, 5.41) is 1.13. The van der Waals surface area contributed by atoms with Crippen molar-refractivity contribution < 1.29 is 18.0 Å². The second-order valence-corrected chi connectivity index (χ2v) is 8.39. The number of hydrogen-bond donors (Lipinski definition) is 0. The number of halogens is 2. The van der Waals surface area contributed by atoms with Crippen LogP contribution in [0.5, 0.6) is 0 Å². The summed E-state index contributed by atoms with van der Waals surface area (Å²) in [6.45, 7) is 3.71. The van der Waals surface area contributed by atoms with Gasteiger partial charge in [0.15, 0.2) is 11.7 Å². The minimum absolute atomic E-state index is 0.0409. The summed E-state index contributed by atoms with van der Waals surface area (Å²) in [5.74, 6) is -0.749. The Hall–Kier alpha value is -3.65. The maximum Gasteiger partial charge on any atom is 0.223 e. The molecule has 8 heteroatoms. The molecule has 34 heavy (non-hydrogen) atoms. The highest BCUT2D eigenvalue weighted by Crippen LogP contribution is 2.25. The normalized spacial score (nSPS) is 14.6. The number of carbonyl (C=O) groups excluding carboxylic acids is 1. The smallest absolute Gasteiger partial charge is 0.223 e. The van der Waals surface area contributed by atoms with Crippen LogP contribution in [0.4, 0.5) is 8.78 Å². The standard InChI is InChI=1S/C26H24F2N4O2/c27-20-6-7-21(22(28)15-20)23-16-30-24(34-23)8-9-25(33)32-13-11-31(12-14-32)17-19-4-1-3-18-5-2-10-29-26(18)19/h1-7,10,15-16H,8-9,11-14,17H2. The molecule has 1 saturated heterocycles. The molecule has 6 nitrogen and oxygen atoms in total. The molecule has 2 aromatic heterocycles. The Bertz CT molecular complexity index is 1310. The number of rotatable bonds is 6. The van der Waals surface area contributed by atoms with Crippen molar-refractivity contribution in [2.24, 2.45) is 0 Å². The second-order valence-electron chi connectivity index (χ2n) is 8.39. The van der Waals surface area contributed by atoms with Crippen molar-refractivity contribution in [3.05, 3.63) is 84.0 Å². The van der Waals surface area contributed by atoms with Crippen molar-refractivity contribution in [3.63, 3.8) is 0 Å². The van der Waals surface area contributed by atoms with Gasteiger partial charge in [-0.2, -0.15) is 0 Å². The molecule has 1 fully saturated rings. The number of carbonyl (C=O) groups is 1. The van der Waals surface area contributed by atoms with Gasteiger partial charge in [0, 0.05) is 63.2 Å². The van der Waals surface area contributed by atoms with Crippen molar-refractivity contribution in [1.29, 1.82) is 0 Å². The first-order valence-corrected chi connectivity index (χ1v) is 11.3. The number of hydrogen-bond acceptors (Lipinski definition) is 5. The van der Waals surface area contributed by atoms with Gasteiger partial charge in [0.1, 0.15) is 11.6 Å². The molecule has 0 N–H and O–H groups in total. The van der Waals surface area contributed by atoms with E-state index in [1.807, 2.05) is 17.2 Å². The number of para-hydroxylation sites is 1. The Morgan fingerprint density at radius 3 is 2.65 bits per heavy atom. The highest BCUT2D eigenvalue weighted by Gasteiger charge is 2.22. The van der Waals surface area contributed by atoms with Gasteiger partial charge in [-0.3, -0.25) is 14.7 Å². The van der Waals surface area contributed by atoms with Crippen LogP contribution in [-0.4, -0.2) is 51.9 Å². The fourth-order valence-corrected chi connectivity index (χ4v) is 4.30. The van der Waals surface area contributed by atoms with Crippen LogP contribution in [0.1, 0.15) is 17.9 Å². The minimum atomic E-state index is -0.712. The Morgan fingerprint density at radius 1 is 1.00 bits per heavy atom. The molecule has 3 heterocycles. The summed E-state index contributed by atoms with van der Waals surface area (Å²) in [5.41, 5.74) is 2.36. The van der Waals surface area contributed by atoms with Crippen molar-refractivity contribution >= 4 is 16.8 Å². The van der Waals surface area contributed by atoms with Crippen LogP contribution in [0.2, 0.25) is 0 Å². The molecular weight excluding hydrogens is 438 g/mol. The summed E-state index contributed by atoms with van der Waals surface area (Å²) in [6, 6.07) is 13.5. The van der Waals surface area contributed by atoms with Crippen molar-refractivity contribution in [3.8, 4) is 11.3 Å². The van der Waals surface area contributed by atoms with E-state index in [-0.39, 0.29) is 23.7 Å². The molecule has 4 aromatic rings. The number of benzene rings is 2. The van der Waals surface area contributed by atoms with Crippen LogP contribution in [0.25, 0.3) is 22.2 Å². The summed E-state index contributed by atoms with van der Waals surface area (Å²) >= 11 is 0. The summed E-state index contributed by atoms with van der Waals surface area (Å²) in [4.78, 5) is 25.6. The lowest BCUT2D eigenvalue weighted by Gasteiger charge is -2.34. The van der Waals surface area contributed by atoms with E-state index in [1.54, 1.807) is 0 Å². The molecule has 0 bridgehead atoms. The van der Waals surface area contributed by atoms with Gasteiger partial charge in [-0.1, -0.05) is 24.3 Å². The molecule has 1 aliphatic heterocycles. The van der Waals surface area contributed by atoms with Crippen LogP contribution in [-0.2, 0) is 17.8 Å². The lowest BCUT2D eigenvalue weighted by atomic mass is 10.1. The lowest BCUT2D eigenvalue weighted by Crippen LogP contribution is -2.48. The Morgan fingerprint density at radius 2 is 1.82 bits per heavy atom. The maximum absolute atomic E-state index is 14.0. The van der Waals surface area contributed by atoms with Crippen LogP contribution >= 0.6 is 0 Å². The van der Waals surface area contributed by atoms with E-state index in [0.717, 1.165) is 36.6 Å². The summed E-state index contributed by atoms with van der Waals surface area (Å²) < 4.78 is 32.7. The third-order valence-corrected chi connectivity index (χ3v) is 6.14.